The number of amides is 3. The van der Waals surface area contributed by atoms with Crippen molar-refractivity contribution in [3.8, 4) is 0 Å². The average Bonchev–Trinajstić information content (AvgIpc) is 3.19. The first-order valence-corrected chi connectivity index (χ1v) is 12.9. The van der Waals surface area contributed by atoms with Crippen LogP contribution in [0.5, 0.6) is 0 Å². The Morgan fingerprint density at radius 3 is 2.46 bits per heavy atom. The molecule has 1 spiro atoms. The number of hydrogen-bond acceptors (Lipinski definition) is 5. The molecule has 1 N–H and O–H groups in total. The molecule has 4 aliphatic rings. The third kappa shape index (κ3) is 3.25. The monoisotopic (exact) mass is 501 g/mol. The summed E-state index contributed by atoms with van der Waals surface area (Å²) in [6, 6.07) is 12.8. The summed E-state index contributed by atoms with van der Waals surface area (Å²) in [5.74, 6) is -2.39. The van der Waals surface area contributed by atoms with Gasteiger partial charge in [-0.05, 0) is 29.3 Å². The zero-order valence-corrected chi connectivity index (χ0v) is 21.0. The molecule has 2 aromatic carbocycles. The molecule has 4 aliphatic heterocycles. The maximum atomic E-state index is 14.4. The number of benzene rings is 2. The Hall–Kier alpha value is -3.49. The molecule has 1 unspecified atom stereocenters. The number of rotatable bonds is 4. The van der Waals surface area contributed by atoms with Crippen LogP contribution in [0.25, 0.3) is 10.8 Å². The maximum Gasteiger partial charge on any atom is 0.253 e. The first-order chi connectivity index (χ1) is 17.9. The molecule has 8 nitrogen and oxygen atoms in total. The van der Waals surface area contributed by atoms with E-state index in [0.717, 1.165) is 16.5 Å². The van der Waals surface area contributed by atoms with E-state index in [9.17, 15) is 19.5 Å². The molecule has 192 valence electrons. The standard InChI is InChI=1S/C29H31N3O5/c1-3-28-12-6-14-30(2)25(34)22(28)23-26(35)32(16-17-33)24-27(36)31(15-7-13-29(23,24)37-28)21-11-10-19-8-4-5-9-20(19)18-21/h4-13,18,22-24,33H,3,14-17H2,1-2H3/t22-,23+,24?,28+,29+/m1/s1. The minimum atomic E-state index is -1.31. The molecule has 2 aromatic rings. The third-order valence-electron chi connectivity index (χ3n) is 8.53. The minimum Gasteiger partial charge on any atom is -0.395 e. The molecule has 0 aliphatic carbocycles. The summed E-state index contributed by atoms with van der Waals surface area (Å²) >= 11 is 0. The van der Waals surface area contributed by atoms with E-state index in [1.165, 1.54) is 4.90 Å². The molecule has 2 fully saturated rings. The SMILES string of the molecule is CC[C@]12C=CCN(C)C(=O)[C@H]1[C@H]1C(=O)N(CCO)C3C(=O)N(c4ccc5ccccc5c4)CC=C[C@@]31O2. The van der Waals surface area contributed by atoms with Gasteiger partial charge in [0, 0.05) is 32.4 Å². The van der Waals surface area contributed by atoms with Crippen molar-refractivity contribution in [1.82, 2.24) is 9.80 Å². The van der Waals surface area contributed by atoms with Gasteiger partial charge in [-0.1, -0.05) is 61.6 Å². The topological polar surface area (TPSA) is 90.4 Å². The molecule has 3 amide bonds. The molecular weight excluding hydrogens is 470 g/mol. The van der Waals surface area contributed by atoms with Crippen molar-refractivity contribution in [3.05, 3.63) is 66.8 Å². The number of likely N-dealkylation sites (N-methyl/N-ethyl adjacent to an activating group) is 1. The van der Waals surface area contributed by atoms with Crippen LogP contribution >= 0.6 is 0 Å². The van der Waals surface area contributed by atoms with Gasteiger partial charge in [0.15, 0.2) is 0 Å². The summed E-state index contributed by atoms with van der Waals surface area (Å²) in [7, 11) is 1.72. The van der Waals surface area contributed by atoms with Crippen molar-refractivity contribution in [1.29, 1.82) is 0 Å². The second-order valence-electron chi connectivity index (χ2n) is 10.4. The average molecular weight is 502 g/mol. The number of anilines is 1. The summed E-state index contributed by atoms with van der Waals surface area (Å²) < 4.78 is 6.86. The van der Waals surface area contributed by atoms with Crippen molar-refractivity contribution in [2.24, 2.45) is 11.8 Å². The van der Waals surface area contributed by atoms with Crippen LogP contribution in [0.3, 0.4) is 0 Å². The van der Waals surface area contributed by atoms with Gasteiger partial charge >= 0.3 is 0 Å². The Balaban J connectivity index is 1.49. The number of carbonyl (C=O) groups is 3. The summed E-state index contributed by atoms with van der Waals surface area (Å²) in [5, 5.41) is 11.9. The van der Waals surface area contributed by atoms with Crippen LogP contribution in [0.15, 0.2) is 66.8 Å². The van der Waals surface area contributed by atoms with Crippen LogP contribution in [0.2, 0.25) is 0 Å². The largest absolute Gasteiger partial charge is 0.395 e. The van der Waals surface area contributed by atoms with Crippen LogP contribution in [0.1, 0.15) is 13.3 Å². The van der Waals surface area contributed by atoms with E-state index in [-0.39, 0.29) is 30.9 Å². The van der Waals surface area contributed by atoms with Crippen LogP contribution in [-0.4, -0.2) is 83.2 Å². The van der Waals surface area contributed by atoms with Crippen molar-refractivity contribution >= 4 is 34.2 Å². The molecule has 2 saturated heterocycles. The zero-order valence-electron chi connectivity index (χ0n) is 21.0. The number of β-amino-alcohol motifs (C(OH)–C–C–N with tert-alkyl or cyclic N) is 1. The Labute approximate surface area is 215 Å². The molecule has 5 atom stereocenters. The van der Waals surface area contributed by atoms with Gasteiger partial charge in [-0.3, -0.25) is 14.4 Å². The van der Waals surface area contributed by atoms with Gasteiger partial charge in [-0.15, -0.1) is 0 Å². The number of aliphatic hydroxyl groups excluding tert-OH is 1. The molecular formula is C29H31N3O5. The predicted octanol–water partition coefficient (Wildman–Crippen LogP) is 2.12. The van der Waals surface area contributed by atoms with E-state index in [2.05, 4.69) is 0 Å². The first-order valence-electron chi connectivity index (χ1n) is 12.9. The van der Waals surface area contributed by atoms with Crippen molar-refractivity contribution in [3.63, 3.8) is 0 Å². The highest BCUT2D eigenvalue weighted by atomic mass is 16.5. The lowest BCUT2D eigenvalue weighted by Gasteiger charge is -2.38. The second kappa shape index (κ2) is 8.53. The van der Waals surface area contributed by atoms with E-state index in [4.69, 9.17) is 4.74 Å². The summed E-state index contributed by atoms with van der Waals surface area (Å²) in [6.45, 7) is 2.38. The molecule has 8 heteroatoms. The van der Waals surface area contributed by atoms with Gasteiger partial charge in [0.25, 0.3) is 5.91 Å². The number of ether oxygens (including phenoxy) is 1. The molecule has 6 rings (SSSR count). The normalized spacial score (nSPS) is 33.0. The fourth-order valence-corrected chi connectivity index (χ4v) is 6.81. The fraction of sp³-hybridized carbons (Fsp3) is 0.414. The summed E-state index contributed by atoms with van der Waals surface area (Å²) in [6.07, 6.45) is 8.03. The quantitative estimate of drug-likeness (QED) is 0.649. The van der Waals surface area contributed by atoms with E-state index in [1.54, 1.807) is 16.8 Å². The van der Waals surface area contributed by atoms with Gasteiger partial charge in [0.2, 0.25) is 11.8 Å². The molecule has 0 saturated carbocycles. The second-order valence-corrected chi connectivity index (χ2v) is 10.4. The Kier molecular flexibility index (Phi) is 5.51. The fourth-order valence-electron chi connectivity index (χ4n) is 6.81. The smallest absolute Gasteiger partial charge is 0.253 e. The van der Waals surface area contributed by atoms with Gasteiger partial charge in [-0.25, -0.2) is 0 Å². The molecule has 4 heterocycles. The minimum absolute atomic E-state index is 0.0119. The van der Waals surface area contributed by atoms with Gasteiger partial charge in [-0.2, -0.15) is 0 Å². The van der Waals surface area contributed by atoms with Crippen LogP contribution in [0, 0.1) is 11.8 Å². The Morgan fingerprint density at radius 2 is 1.70 bits per heavy atom. The van der Waals surface area contributed by atoms with E-state index in [1.807, 2.05) is 73.7 Å². The number of hydrogen-bond donors (Lipinski definition) is 1. The lowest BCUT2D eigenvalue weighted by Crippen LogP contribution is -2.56. The van der Waals surface area contributed by atoms with Crippen LogP contribution in [0.4, 0.5) is 5.69 Å². The Bertz CT molecular complexity index is 1350. The molecule has 0 aromatic heterocycles. The van der Waals surface area contributed by atoms with Crippen molar-refractivity contribution in [2.45, 2.75) is 30.6 Å². The van der Waals surface area contributed by atoms with E-state index in [0.29, 0.717) is 19.5 Å². The first kappa shape index (κ1) is 23.9. The number of carbonyl (C=O) groups excluding carboxylic acids is 3. The molecule has 37 heavy (non-hydrogen) atoms. The van der Waals surface area contributed by atoms with E-state index >= 15 is 0 Å². The summed E-state index contributed by atoms with van der Waals surface area (Å²) in [5.41, 5.74) is -1.58. The highest BCUT2D eigenvalue weighted by molar-refractivity contribution is 6.06. The van der Waals surface area contributed by atoms with Crippen molar-refractivity contribution in [2.75, 3.05) is 38.2 Å². The van der Waals surface area contributed by atoms with Crippen molar-refractivity contribution < 1.29 is 24.2 Å². The number of likely N-dealkylation sites (tertiary alicyclic amines) is 1. The van der Waals surface area contributed by atoms with Gasteiger partial charge in [0.1, 0.15) is 11.6 Å². The lowest BCUT2D eigenvalue weighted by molar-refractivity contribution is -0.149. The number of nitrogens with zero attached hydrogens (tertiary/aromatic N) is 3. The summed E-state index contributed by atoms with van der Waals surface area (Å²) in [4.78, 5) is 46.8. The van der Waals surface area contributed by atoms with Gasteiger partial charge < -0.3 is 24.5 Å². The third-order valence-corrected chi connectivity index (χ3v) is 8.53. The lowest BCUT2D eigenvalue weighted by atomic mass is 9.73. The predicted molar refractivity (Wildman–Crippen MR) is 139 cm³/mol. The number of fused-ring (bicyclic) bond motifs is 3. The Morgan fingerprint density at radius 1 is 0.946 bits per heavy atom. The molecule has 0 bridgehead atoms. The van der Waals surface area contributed by atoms with Gasteiger partial charge in [0.05, 0.1) is 24.0 Å². The maximum absolute atomic E-state index is 14.4. The highest BCUT2D eigenvalue weighted by Crippen LogP contribution is 2.58. The number of aliphatic hydroxyl groups is 1. The zero-order chi connectivity index (χ0) is 25.9. The van der Waals surface area contributed by atoms with E-state index < -0.39 is 29.1 Å². The van der Waals surface area contributed by atoms with Crippen LogP contribution < -0.4 is 4.90 Å². The molecule has 0 radical (unpaired) electrons. The highest BCUT2D eigenvalue weighted by Gasteiger charge is 2.75. The van der Waals surface area contributed by atoms with Crippen LogP contribution in [-0.2, 0) is 19.1 Å².